The maximum Gasteiger partial charge on any atom is 0.459 e. The molecule has 1 N–H and O–H groups in total. The van der Waals surface area contributed by atoms with E-state index in [0.29, 0.717) is 5.56 Å². The van der Waals surface area contributed by atoms with Crippen LogP contribution in [0.5, 0.6) is 0 Å². The molecule has 5 nitrogen and oxygen atoms in total. The van der Waals surface area contributed by atoms with Crippen molar-refractivity contribution in [2.75, 3.05) is 0 Å². The molecule has 0 spiro atoms. The number of carbonyl (C=O) groups excluding carboxylic acids is 1. The molecule has 0 unspecified atom stereocenters. The average Bonchev–Trinajstić information content (AvgIpc) is 2.92. The number of alkyl carbamates (subject to hydrolysis) is 1. The van der Waals surface area contributed by atoms with Crippen LogP contribution >= 0.6 is 22.6 Å². The van der Waals surface area contributed by atoms with Gasteiger partial charge >= 0.3 is 18.2 Å². The summed E-state index contributed by atoms with van der Waals surface area (Å²) in [5, 5.41) is 6.09. The summed E-state index contributed by atoms with van der Waals surface area (Å²) in [5.41, 5.74) is 0.349. The maximum atomic E-state index is 13.6. The SMILES string of the molecule is Cc1cc(Cn2cc(I)c(C(F)(F)C(F)(F)F)n2)ccc1CNC(=O)OC(C)(C)C. The summed E-state index contributed by atoms with van der Waals surface area (Å²) in [7, 11) is 0. The van der Waals surface area contributed by atoms with Gasteiger partial charge in [0.1, 0.15) is 5.60 Å². The lowest BCUT2D eigenvalue weighted by atomic mass is 10.1. The first-order valence-corrected chi connectivity index (χ1v) is 9.91. The van der Waals surface area contributed by atoms with Crippen LogP contribution < -0.4 is 5.32 Å². The van der Waals surface area contributed by atoms with Crippen LogP contribution in [0.2, 0.25) is 0 Å². The van der Waals surface area contributed by atoms with Crippen LogP contribution in [0, 0.1) is 10.5 Å². The summed E-state index contributed by atoms with van der Waals surface area (Å²) >= 11 is 1.41. The smallest absolute Gasteiger partial charge is 0.444 e. The molecule has 1 aromatic heterocycles. The summed E-state index contributed by atoms with van der Waals surface area (Å²) in [4.78, 5) is 11.8. The van der Waals surface area contributed by atoms with Gasteiger partial charge < -0.3 is 10.1 Å². The molecule has 0 aliphatic rings. The van der Waals surface area contributed by atoms with Crippen molar-refractivity contribution in [2.24, 2.45) is 0 Å². The van der Waals surface area contributed by atoms with Crippen molar-refractivity contribution in [1.29, 1.82) is 0 Å². The molecular formula is C19H21F5IN3O2. The quantitative estimate of drug-likeness (QED) is 0.398. The molecule has 0 aliphatic carbocycles. The third-order valence-corrected chi connectivity index (χ3v) is 4.73. The van der Waals surface area contributed by atoms with E-state index in [9.17, 15) is 26.7 Å². The first kappa shape index (κ1) is 24.4. The zero-order valence-corrected chi connectivity index (χ0v) is 18.9. The van der Waals surface area contributed by atoms with E-state index in [1.807, 2.05) is 0 Å². The fraction of sp³-hybridized carbons (Fsp3) is 0.474. The van der Waals surface area contributed by atoms with Gasteiger partial charge in [-0.2, -0.15) is 27.1 Å². The van der Waals surface area contributed by atoms with Crippen LogP contribution in [0.25, 0.3) is 0 Å². The van der Waals surface area contributed by atoms with E-state index in [-0.39, 0.29) is 16.7 Å². The van der Waals surface area contributed by atoms with E-state index >= 15 is 0 Å². The fourth-order valence-corrected chi connectivity index (χ4v) is 3.32. The van der Waals surface area contributed by atoms with Gasteiger partial charge in [-0.1, -0.05) is 18.2 Å². The van der Waals surface area contributed by atoms with Gasteiger partial charge in [0.15, 0.2) is 5.69 Å². The van der Waals surface area contributed by atoms with Crippen LogP contribution in [0.3, 0.4) is 0 Å². The molecule has 2 aromatic rings. The summed E-state index contributed by atoms with van der Waals surface area (Å²) in [5.74, 6) is -5.03. The summed E-state index contributed by atoms with van der Waals surface area (Å²) in [6, 6.07) is 5.18. The lowest BCUT2D eigenvalue weighted by Crippen LogP contribution is -2.34. The zero-order valence-electron chi connectivity index (χ0n) is 16.7. The third-order valence-electron chi connectivity index (χ3n) is 3.94. The van der Waals surface area contributed by atoms with Crippen molar-refractivity contribution in [1.82, 2.24) is 15.1 Å². The molecule has 166 valence electrons. The molecule has 0 saturated heterocycles. The molecule has 0 saturated carbocycles. The van der Waals surface area contributed by atoms with Crippen LogP contribution in [0.15, 0.2) is 24.4 Å². The molecule has 0 radical (unpaired) electrons. The average molecular weight is 545 g/mol. The zero-order chi connectivity index (χ0) is 22.9. The molecule has 0 aliphatic heterocycles. The predicted octanol–water partition coefficient (Wildman–Crippen LogP) is 5.52. The van der Waals surface area contributed by atoms with Gasteiger partial charge in [-0.15, -0.1) is 0 Å². The summed E-state index contributed by atoms with van der Waals surface area (Å²) < 4.78 is 71.0. The van der Waals surface area contributed by atoms with Crippen molar-refractivity contribution in [3.05, 3.63) is 50.4 Å². The normalized spacial score (nSPS) is 12.7. The highest BCUT2D eigenvalue weighted by Crippen LogP contribution is 2.44. The lowest BCUT2D eigenvalue weighted by Gasteiger charge is -2.20. The maximum absolute atomic E-state index is 13.6. The molecule has 1 amide bonds. The number of rotatable bonds is 5. The van der Waals surface area contributed by atoms with Crippen molar-refractivity contribution < 1.29 is 31.5 Å². The number of halogens is 6. The van der Waals surface area contributed by atoms with Crippen molar-refractivity contribution in [3.63, 3.8) is 0 Å². The van der Waals surface area contributed by atoms with Gasteiger partial charge in [-0.25, -0.2) is 4.79 Å². The second-order valence-electron chi connectivity index (χ2n) is 7.71. The largest absolute Gasteiger partial charge is 0.459 e. The minimum atomic E-state index is -5.72. The molecule has 30 heavy (non-hydrogen) atoms. The van der Waals surface area contributed by atoms with Gasteiger partial charge in [-0.05, 0) is 67.0 Å². The second kappa shape index (κ2) is 8.67. The molecule has 0 atom stereocenters. The predicted molar refractivity (Wildman–Crippen MR) is 108 cm³/mol. The van der Waals surface area contributed by atoms with Gasteiger partial charge in [0.05, 0.1) is 10.1 Å². The minimum Gasteiger partial charge on any atom is -0.444 e. The van der Waals surface area contributed by atoms with Crippen molar-refractivity contribution >= 4 is 28.7 Å². The van der Waals surface area contributed by atoms with Crippen LogP contribution in [0.1, 0.15) is 43.2 Å². The Labute approximate surface area is 184 Å². The number of nitrogens with zero attached hydrogens (tertiary/aromatic N) is 2. The Morgan fingerprint density at radius 2 is 1.83 bits per heavy atom. The first-order valence-electron chi connectivity index (χ1n) is 8.83. The van der Waals surface area contributed by atoms with Gasteiger partial charge in [-0.3, -0.25) is 4.68 Å². The van der Waals surface area contributed by atoms with Crippen LogP contribution in [-0.4, -0.2) is 27.7 Å². The number of benzene rings is 1. The minimum absolute atomic E-state index is 0.0184. The Balaban J connectivity index is 2.10. The molecule has 2 rings (SSSR count). The molecule has 11 heteroatoms. The van der Waals surface area contributed by atoms with E-state index in [1.165, 1.54) is 22.6 Å². The van der Waals surface area contributed by atoms with E-state index in [0.717, 1.165) is 22.0 Å². The first-order chi connectivity index (χ1) is 13.6. The monoisotopic (exact) mass is 545 g/mol. The van der Waals surface area contributed by atoms with E-state index in [2.05, 4.69) is 10.4 Å². The number of carbonyl (C=O) groups is 1. The van der Waals surface area contributed by atoms with Gasteiger partial charge in [0, 0.05) is 12.7 Å². The molecule has 0 bridgehead atoms. The van der Waals surface area contributed by atoms with E-state index < -0.39 is 29.5 Å². The Kier molecular flexibility index (Phi) is 7.04. The lowest BCUT2D eigenvalue weighted by molar-refractivity contribution is -0.291. The van der Waals surface area contributed by atoms with Gasteiger partial charge in [0.25, 0.3) is 0 Å². The van der Waals surface area contributed by atoms with Gasteiger partial charge in [0.2, 0.25) is 0 Å². The highest BCUT2D eigenvalue weighted by atomic mass is 127. The molecule has 0 fully saturated rings. The number of aryl methyl sites for hydroxylation is 1. The number of hydrogen-bond donors (Lipinski definition) is 1. The third kappa shape index (κ3) is 6.05. The van der Waals surface area contributed by atoms with Crippen molar-refractivity contribution in [3.8, 4) is 0 Å². The van der Waals surface area contributed by atoms with Crippen LogP contribution in [-0.2, 0) is 23.7 Å². The number of alkyl halides is 5. The number of hydrogen-bond acceptors (Lipinski definition) is 3. The standard InChI is InChI=1S/C19H21F5IN3O2/c1-11-7-12(5-6-13(11)8-26-16(29)30-17(2,3)4)9-28-10-14(25)15(27-28)18(20,21)19(22,23)24/h5-7,10H,8-9H2,1-4H3,(H,26,29). The molecule has 1 aromatic carbocycles. The summed E-state index contributed by atoms with van der Waals surface area (Å²) in [6.45, 7) is 7.29. The van der Waals surface area contributed by atoms with E-state index in [1.54, 1.807) is 45.9 Å². The van der Waals surface area contributed by atoms with Crippen molar-refractivity contribution in [2.45, 2.75) is 58.5 Å². The highest BCUT2D eigenvalue weighted by Gasteiger charge is 2.61. The topological polar surface area (TPSA) is 56.2 Å². The number of nitrogens with one attached hydrogen (secondary N) is 1. The Morgan fingerprint density at radius 1 is 1.20 bits per heavy atom. The fourth-order valence-electron chi connectivity index (χ4n) is 2.55. The van der Waals surface area contributed by atoms with E-state index in [4.69, 9.17) is 4.74 Å². The molecule has 1 heterocycles. The molecular weight excluding hydrogens is 524 g/mol. The number of ether oxygens (including phenoxy) is 1. The highest BCUT2D eigenvalue weighted by molar-refractivity contribution is 14.1. The Morgan fingerprint density at radius 3 is 2.37 bits per heavy atom. The number of amides is 1. The summed E-state index contributed by atoms with van der Waals surface area (Å²) in [6.07, 6.45) is -5.14. The Bertz CT molecular complexity index is 920. The number of aromatic nitrogens is 2. The van der Waals surface area contributed by atoms with Crippen LogP contribution in [0.4, 0.5) is 26.7 Å². The Hall–Kier alpha value is -1.92. The second-order valence-corrected chi connectivity index (χ2v) is 8.87.